The van der Waals surface area contributed by atoms with Gasteiger partial charge in [0.1, 0.15) is 10.9 Å². The molecule has 2 aromatic rings. The fourth-order valence-corrected chi connectivity index (χ4v) is 4.22. The first kappa shape index (κ1) is 21.4. The van der Waals surface area contributed by atoms with Gasteiger partial charge in [0.05, 0.1) is 12.0 Å². The van der Waals surface area contributed by atoms with E-state index >= 15 is 0 Å². The van der Waals surface area contributed by atoms with Crippen LogP contribution in [0.15, 0.2) is 53.4 Å². The minimum atomic E-state index is -1.20. The number of aliphatic carboxylic acids is 1. The molecule has 1 aliphatic heterocycles. The van der Waals surface area contributed by atoms with Crippen LogP contribution in [0.5, 0.6) is 11.5 Å². The first-order valence-electron chi connectivity index (χ1n) is 8.75. The third kappa shape index (κ3) is 4.48. The van der Waals surface area contributed by atoms with Crippen LogP contribution in [-0.4, -0.2) is 39.9 Å². The van der Waals surface area contributed by atoms with Crippen molar-refractivity contribution in [2.24, 2.45) is 0 Å². The Labute approximate surface area is 183 Å². The molecule has 1 fully saturated rings. The van der Waals surface area contributed by atoms with Crippen LogP contribution in [0.25, 0.3) is 6.08 Å². The molecule has 8 heteroatoms. The van der Waals surface area contributed by atoms with Crippen molar-refractivity contribution in [3.8, 4) is 23.8 Å². The molecule has 1 saturated heterocycles. The molecule has 1 atom stereocenters. The van der Waals surface area contributed by atoms with E-state index in [1.807, 2.05) is 0 Å². The van der Waals surface area contributed by atoms with E-state index in [9.17, 15) is 14.7 Å². The molecule has 1 N–H and O–H groups in total. The van der Waals surface area contributed by atoms with Crippen molar-refractivity contribution in [1.82, 2.24) is 4.90 Å². The number of rotatable bonds is 7. The highest BCUT2D eigenvalue weighted by atomic mass is 32.2. The second kappa shape index (κ2) is 9.48. The fraction of sp³-hybridized carbons (Fsp3) is 0.136. The summed E-state index contributed by atoms with van der Waals surface area (Å²) >= 11 is 6.38. The molecule has 0 unspecified atom stereocenters. The molecule has 30 heavy (non-hydrogen) atoms. The normalized spacial score (nSPS) is 15.7. The third-order valence-electron chi connectivity index (χ3n) is 4.23. The van der Waals surface area contributed by atoms with Crippen molar-refractivity contribution in [2.45, 2.75) is 6.04 Å². The van der Waals surface area contributed by atoms with Crippen LogP contribution in [0.2, 0.25) is 0 Å². The van der Waals surface area contributed by atoms with Crippen molar-refractivity contribution in [3.63, 3.8) is 0 Å². The summed E-state index contributed by atoms with van der Waals surface area (Å²) in [6.45, 7) is 0.102. The number of carboxylic acids is 1. The van der Waals surface area contributed by atoms with Gasteiger partial charge in [0, 0.05) is 0 Å². The van der Waals surface area contributed by atoms with E-state index in [0.29, 0.717) is 27.5 Å². The van der Waals surface area contributed by atoms with Crippen molar-refractivity contribution in [3.05, 3.63) is 64.6 Å². The number of carbonyl (C=O) groups is 2. The van der Waals surface area contributed by atoms with Gasteiger partial charge in [0.15, 0.2) is 17.5 Å². The van der Waals surface area contributed by atoms with Crippen LogP contribution in [0.4, 0.5) is 0 Å². The second-order valence-electron chi connectivity index (χ2n) is 6.11. The smallest absolute Gasteiger partial charge is 0.331 e. The highest BCUT2D eigenvalue weighted by Gasteiger charge is 2.41. The summed E-state index contributed by atoms with van der Waals surface area (Å²) in [5, 5.41) is 9.74. The number of amides is 1. The Balaban J connectivity index is 1.91. The van der Waals surface area contributed by atoms with Gasteiger partial charge in [-0.15, -0.1) is 6.42 Å². The first-order valence-corrected chi connectivity index (χ1v) is 9.98. The maximum absolute atomic E-state index is 13.0. The quantitative estimate of drug-likeness (QED) is 0.400. The molecule has 6 nitrogen and oxygen atoms in total. The molecule has 0 aliphatic carbocycles. The van der Waals surface area contributed by atoms with Crippen LogP contribution in [0.3, 0.4) is 0 Å². The van der Waals surface area contributed by atoms with E-state index < -0.39 is 17.9 Å². The average molecular weight is 440 g/mol. The Morgan fingerprint density at radius 3 is 2.67 bits per heavy atom. The summed E-state index contributed by atoms with van der Waals surface area (Å²) in [6.07, 6.45) is 6.85. The Kier molecular flexibility index (Phi) is 6.77. The molecule has 0 saturated carbocycles. The number of nitrogens with zero attached hydrogens (tertiary/aromatic N) is 1. The molecular weight excluding hydrogens is 422 g/mol. The zero-order valence-electron chi connectivity index (χ0n) is 15.9. The highest BCUT2D eigenvalue weighted by Crippen LogP contribution is 2.39. The van der Waals surface area contributed by atoms with Crippen LogP contribution in [0, 0.1) is 12.3 Å². The van der Waals surface area contributed by atoms with E-state index in [1.165, 1.54) is 7.11 Å². The van der Waals surface area contributed by atoms with Gasteiger partial charge in [-0.2, -0.15) is 0 Å². The number of ether oxygens (including phenoxy) is 2. The van der Waals surface area contributed by atoms with E-state index in [1.54, 1.807) is 54.6 Å². The molecule has 1 aliphatic rings. The molecule has 1 heterocycles. The number of hydrogen-bond donors (Lipinski definition) is 1. The monoisotopic (exact) mass is 439 g/mol. The molecule has 0 aromatic heterocycles. The Hall–Kier alpha value is -3.28. The van der Waals surface area contributed by atoms with E-state index in [4.69, 9.17) is 28.1 Å². The molecule has 2 aromatic carbocycles. The largest absolute Gasteiger partial charge is 0.493 e. The number of terminal acetylenes is 1. The van der Waals surface area contributed by atoms with Gasteiger partial charge in [-0.1, -0.05) is 66.3 Å². The number of methoxy groups -OCH3 is 1. The summed E-state index contributed by atoms with van der Waals surface area (Å²) in [5.74, 6) is 1.70. The maximum Gasteiger partial charge on any atom is 0.331 e. The van der Waals surface area contributed by atoms with E-state index in [2.05, 4.69) is 5.92 Å². The zero-order chi connectivity index (χ0) is 21.7. The van der Waals surface area contributed by atoms with Gasteiger partial charge in [-0.25, -0.2) is 4.79 Å². The lowest BCUT2D eigenvalue weighted by Gasteiger charge is -2.23. The van der Waals surface area contributed by atoms with Crippen molar-refractivity contribution < 1.29 is 24.2 Å². The zero-order valence-corrected chi connectivity index (χ0v) is 17.5. The molecule has 0 bridgehead atoms. The summed E-state index contributed by atoms with van der Waals surface area (Å²) in [7, 11) is 1.50. The molecular formula is C22H17NO5S2. The lowest BCUT2D eigenvalue weighted by molar-refractivity contribution is -0.145. The lowest BCUT2D eigenvalue weighted by Crippen LogP contribution is -2.37. The van der Waals surface area contributed by atoms with Gasteiger partial charge < -0.3 is 14.6 Å². The molecule has 0 spiro atoms. The number of hydrogen-bond acceptors (Lipinski definition) is 6. The molecule has 152 valence electrons. The molecule has 0 radical (unpaired) electrons. The van der Waals surface area contributed by atoms with Gasteiger partial charge in [-0.05, 0) is 29.3 Å². The van der Waals surface area contributed by atoms with Crippen molar-refractivity contribution in [1.29, 1.82) is 0 Å². The number of carboxylic acid groups (broad SMARTS) is 1. The van der Waals surface area contributed by atoms with Crippen molar-refractivity contribution in [2.75, 3.05) is 13.7 Å². The topological polar surface area (TPSA) is 76.1 Å². The average Bonchev–Trinajstić information content (AvgIpc) is 3.01. The van der Waals surface area contributed by atoms with Gasteiger partial charge in [0.2, 0.25) is 0 Å². The second-order valence-corrected chi connectivity index (χ2v) is 7.78. The SMILES string of the molecule is C#CCOc1ccc(/C=C2\SC(=S)N([C@H](C(=O)O)c3ccccc3)C2=O)cc1OC. The van der Waals surface area contributed by atoms with Gasteiger partial charge in [-0.3, -0.25) is 9.69 Å². The number of thiocarbonyl (C=S) groups is 1. The summed E-state index contributed by atoms with van der Waals surface area (Å²) < 4.78 is 10.9. The minimum Gasteiger partial charge on any atom is -0.493 e. The molecule has 1 amide bonds. The predicted molar refractivity (Wildman–Crippen MR) is 119 cm³/mol. The Bertz CT molecular complexity index is 1060. The Morgan fingerprint density at radius 2 is 2.03 bits per heavy atom. The number of benzene rings is 2. The summed E-state index contributed by atoms with van der Waals surface area (Å²) in [4.78, 5) is 26.4. The number of carbonyl (C=O) groups excluding carboxylic acids is 1. The lowest BCUT2D eigenvalue weighted by atomic mass is 10.1. The Morgan fingerprint density at radius 1 is 1.30 bits per heavy atom. The third-order valence-corrected chi connectivity index (χ3v) is 5.56. The van der Waals surface area contributed by atoms with Crippen LogP contribution in [-0.2, 0) is 9.59 Å². The summed E-state index contributed by atoms with van der Waals surface area (Å²) in [6, 6.07) is 12.4. The van der Waals surface area contributed by atoms with Crippen LogP contribution in [0.1, 0.15) is 17.2 Å². The standard InChI is InChI=1S/C22H17NO5S2/c1-3-11-28-16-10-9-14(12-17(16)27-2)13-18-20(24)23(22(29)30-18)19(21(25)26)15-7-5-4-6-8-15/h1,4-10,12-13,19H,11H2,2H3,(H,25,26)/b18-13-/t19-/m0/s1. The van der Waals surface area contributed by atoms with E-state index in [-0.39, 0.29) is 10.9 Å². The fourth-order valence-electron chi connectivity index (χ4n) is 2.90. The maximum atomic E-state index is 13.0. The van der Waals surface area contributed by atoms with E-state index in [0.717, 1.165) is 16.7 Å². The van der Waals surface area contributed by atoms with Gasteiger partial charge >= 0.3 is 5.97 Å². The summed E-state index contributed by atoms with van der Waals surface area (Å²) in [5.41, 5.74) is 1.14. The van der Waals surface area contributed by atoms with Gasteiger partial charge in [0.25, 0.3) is 5.91 Å². The number of thioether (sulfide) groups is 1. The molecule has 3 rings (SSSR count). The first-order chi connectivity index (χ1) is 14.5. The van der Waals surface area contributed by atoms with Crippen LogP contribution >= 0.6 is 24.0 Å². The van der Waals surface area contributed by atoms with Crippen LogP contribution < -0.4 is 9.47 Å². The minimum absolute atomic E-state index is 0.102. The van der Waals surface area contributed by atoms with Crippen molar-refractivity contribution >= 4 is 46.3 Å². The highest BCUT2D eigenvalue weighted by molar-refractivity contribution is 8.26. The predicted octanol–water partition coefficient (Wildman–Crippen LogP) is 3.73.